The average molecular weight is 362 g/mol. The van der Waals surface area contributed by atoms with Crippen LogP contribution in [0.25, 0.3) is 0 Å². The number of esters is 1. The molecule has 3 rings (SSSR count). The number of rotatable bonds is 5. The molecule has 1 saturated heterocycles. The fourth-order valence-corrected chi connectivity index (χ4v) is 4.27. The summed E-state index contributed by atoms with van der Waals surface area (Å²) in [4.78, 5) is 17.5. The third-order valence-electron chi connectivity index (χ3n) is 4.59. The first-order valence-corrected chi connectivity index (χ1v) is 9.85. The average Bonchev–Trinajstić information content (AvgIpc) is 2.66. The van der Waals surface area contributed by atoms with Crippen LogP contribution in [0.5, 0.6) is 0 Å². The van der Waals surface area contributed by atoms with E-state index in [9.17, 15) is 10.1 Å². The van der Waals surface area contributed by atoms with Gasteiger partial charge >= 0.3 is 5.97 Å². The van der Waals surface area contributed by atoms with Gasteiger partial charge in [0, 0.05) is 5.56 Å². The number of morpholine rings is 1. The Bertz CT molecular complexity index is 681. The van der Waals surface area contributed by atoms with Crippen molar-refractivity contribution in [3.05, 3.63) is 16.7 Å². The number of ether oxygens (including phenoxy) is 2. The first-order valence-electron chi connectivity index (χ1n) is 8.86. The second-order valence-electron chi connectivity index (χ2n) is 6.15. The number of aromatic nitrogens is 1. The van der Waals surface area contributed by atoms with Crippen LogP contribution in [0.3, 0.4) is 0 Å². The second kappa shape index (κ2) is 8.54. The quantitative estimate of drug-likeness (QED) is 0.587. The zero-order valence-corrected chi connectivity index (χ0v) is 15.4. The number of thioether (sulfide) groups is 1. The normalized spacial score (nSPS) is 16.9. The number of H-pyrrole nitrogens is 1. The predicted molar refractivity (Wildman–Crippen MR) is 94.7 cm³/mol. The van der Waals surface area contributed by atoms with Crippen molar-refractivity contribution >= 4 is 23.5 Å². The highest BCUT2D eigenvalue weighted by molar-refractivity contribution is 7.99. The molecule has 1 aromatic rings. The molecule has 0 unspecified atom stereocenters. The van der Waals surface area contributed by atoms with E-state index in [0.29, 0.717) is 25.4 Å². The lowest BCUT2D eigenvalue weighted by Gasteiger charge is -2.26. The zero-order valence-electron chi connectivity index (χ0n) is 14.6. The van der Waals surface area contributed by atoms with Gasteiger partial charge in [-0.25, -0.2) is 4.98 Å². The number of hydrogen-bond acceptors (Lipinski definition) is 6. The van der Waals surface area contributed by atoms with Crippen LogP contribution in [0, 0.1) is 11.3 Å². The van der Waals surface area contributed by atoms with E-state index in [-0.39, 0.29) is 11.7 Å². The third-order valence-corrected chi connectivity index (χ3v) is 5.57. The van der Waals surface area contributed by atoms with Gasteiger partial charge in [0.05, 0.1) is 25.6 Å². The molecule has 134 valence electrons. The third kappa shape index (κ3) is 4.07. The van der Waals surface area contributed by atoms with Crippen molar-refractivity contribution in [1.29, 1.82) is 5.26 Å². The van der Waals surface area contributed by atoms with Crippen LogP contribution >= 0.6 is 11.8 Å². The number of nitrogens with zero attached hydrogens (tertiary/aromatic N) is 2. The van der Waals surface area contributed by atoms with Crippen molar-refractivity contribution in [3.63, 3.8) is 0 Å². The maximum atomic E-state index is 11.7. The van der Waals surface area contributed by atoms with Crippen LogP contribution < -0.4 is 9.88 Å². The summed E-state index contributed by atoms with van der Waals surface area (Å²) in [7, 11) is 0. The minimum atomic E-state index is -0.254. The molecule has 6 nitrogen and oxygen atoms in total. The van der Waals surface area contributed by atoms with Gasteiger partial charge in [-0.05, 0) is 38.2 Å². The molecule has 0 spiro atoms. The lowest BCUT2D eigenvalue weighted by atomic mass is 9.89. The number of aromatic amines is 1. The van der Waals surface area contributed by atoms with E-state index < -0.39 is 0 Å². The number of anilines is 1. The largest absolute Gasteiger partial charge is 0.465 e. The molecule has 2 heterocycles. The van der Waals surface area contributed by atoms with Gasteiger partial charge in [-0.15, -0.1) is 0 Å². The van der Waals surface area contributed by atoms with Gasteiger partial charge in [-0.2, -0.15) is 5.26 Å². The molecule has 1 aliphatic carbocycles. The number of pyridine rings is 1. The Morgan fingerprint density at radius 2 is 2.04 bits per heavy atom. The summed E-state index contributed by atoms with van der Waals surface area (Å²) in [6.07, 6.45) is 4.18. The van der Waals surface area contributed by atoms with Gasteiger partial charge in [-0.3, -0.25) is 9.69 Å². The standard InChI is InChI=1S/C18H23N3O3S/c1-2-24-16(22)12-25-18-15(11-19)13-5-3-4-6-14(13)17(20-18)21-7-9-23-10-8-21/h2-10,12H2,1H3/p+1. The van der Waals surface area contributed by atoms with Gasteiger partial charge in [0.2, 0.25) is 0 Å². The summed E-state index contributed by atoms with van der Waals surface area (Å²) < 4.78 is 10.5. The topological polar surface area (TPSA) is 76.7 Å². The highest BCUT2D eigenvalue weighted by Crippen LogP contribution is 2.33. The van der Waals surface area contributed by atoms with E-state index >= 15 is 0 Å². The van der Waals surface area contributed by atoms with Crippen LogP contribution in [0.1, 0.15) is 36.5 Å². The Morgan fingerprint density at radius 1 is 1.32 bits per heavy atom. The van der Waals surface area contributed by atoms with Gasteiger partial charge in [-0.1, -0.05) is 11.8 Å². The van der Waals surface area contributed by atoms with Crippen molar-refractivity contribution in [2.75, 3.05) is 43.6 Å². The molecule has 0 bridgehead atoms. The number of nitrogens with one attached hydrogen (secondary N) is 1. The summed E-state index contributed by atoms with van der Waals surface area (Å²) in [6.45, 7) is 5.29. The van der Waals surface area contributed by atoms with Crippen molar-refractivity contribution in [2.24, 2.45) is 0 Å². The molecule has 1 aliphatic heterocycles. The van der Waals surface area contributed by atoms with E-state index in [1.807, 2.05) is 0 Å². The molecular formula is C18H24N3O3S+. The zero-order chi connectivity index (χ0) is 17.6. The van der Waals surface area contributed by atoms with Crippen LogP contribution in [-0.2, 0) is 27.1 Å². The Hall–Kier alpha value is -1.78. The molecule has 0 amide bonds. The van der Waals surface area contributed by atoms with E-state index in [1.165, 1.54) is 17.3 Å². The van der Waals surface area contributed by atoms with Crippen molar-refractivity contribution < 1.29 is 19.3 Å². The molecule has 1 fully saturated rings. The number of nitriles is 1. The maximum Gasteiger partial charge on any atom is 0.316 e. The van der Waals surface area contributed by atoms with Gasteiger partial charge < -0.3 is 9.47 Å². The minimum absolute atomic E-state index is 0.209. The first-order chi connectivity index (χ1) is 12.2. The van der Waals surface area contributed by atoms with E-state index in [0.717, 1.165) is 55.2 Å². The second-order valence-corrected chi connectivity index (χ2v) is 7.13. The minimum Gasteiger partial charge on any atom is -0.465 e. The summed E-state index contributed by atoms with van der Waals surface area (Å²) in [6, 6.07) is 2.36. The summed E-state index contributed by atoms with van der Waals surface area (Å²) in [5.74, 6) is 1.05. The number of carbonyl (C=O) groups excluding carboxylic acids is 1. The van der Waals surface area contributed by atoms with Crippen molar-refractivity contribution in [1.82, 2.24) is 0 Å². The Balaban J connectivity index is 1.95. The predicted octanol–water partition coefficient (Wildman–Crippen LogP) is 1.74. The highest BCUT2D eigenvalue weighted by Gasteiger charge is 2.31. The van der Waals surface area contributed by atoms with Crippen molar-refractivity contribution in [3.8, 4) is 6.07 Å². The molecule has 25 heavy (non-hydrogen) atoms. The van der Waals surface area contributed by atoms with Crippen molar-refractivity contribution in [2.45, 2.75) is 37.6 Å². The number of fused-ring (bicyclic) bond motifs is 1. The maximum absolute atomic E-state index is 11.7. The van der Waals surface area contributed by atoms with Crippen LogP contribution in [0.4, 0.5) is 5.82 Å². The molecule has 2 aliphatic rings. The SMILES string of the molecule is CCOC(=O)CSc1[nH+]c(N2CCOCC2)c2c(c1C#N)CCCC2. The van der Waals surface area contributed by atoms with Crippen LogP contribution in [0.2, 0.25) is 0 Å². The van der Waals surface area contributed by atoms with Gasteiger partial charge in [0.15, 0.2) is 5.03 Å². The van der Waals surface area contributed by atoms with E-state index in [1.54, 1.807) is 6.92 Å². The molecule has 0 radical (unpaired) electrons. The Kier molecular flexibility index (Phi) is 6.16. The lowest BCUT2D eigenvalue weighted by molar-refractivity contribution is -0.414. The molecular weight excluding hydrogens is 338 g/mol. The van der Waals surface area contributed by atoms with Crippen LogP contribution in [0.15, 0.2) is 5.03 Å². The molecule has 1 aromatic heterocycles. The smallest absolute Gasteiger partial charge is 0.316 e. The summed E-state index contributed by atoms with van der Waals surface area (Å²) in [5.41, 5.74) is 3.12. The molecule has 0 saturated carbocycles. The molecule has 0 atom stereocenters. The number of carbonyl (C=O) groups is 1. The van der Waals surface area contributed by atoms with E-state index in [4.69, 9.17) is 9.47 Å². The number of hydrogen-bond donors (Lipinski definition) is 0. The van der Waals surface area contributed by atoms with E-state index in [2.05, 4.69) is 16.0 Å². The fraction of sp³-hybridized carbons (Fsp3) is 0.611. The first kappa shape index (κ1) is 18.0. The monoisotopic (exact) mass is 362 g/mol. The Morgan fingerprint density at radius 3 is 2.72 bits per heavy atom. The Labute approximate surface area is 152 Å². The molecule has 1 N–H and O–H groups in total. The van der Waals surface area contributed by atoms with Crippen LogP contribution in [-0.4, -0.2) is 44.6 Å². The lowest BCUT2D eigenvalue weighted by Crippen LogP contribution is -2.41. The summed E-state index contributed by atoms with van der Waals surface area (Å²) >= 11 is 1.36. The molecule has 0 aromatic carbocycles. The fourth-order valence-electron chi connectivity index (χ4n) is 3.44. The highest BCUT2D eigenvalue weighted by atomic mass is 32.2. The summed E-state index contributed by atoms with van der Waals surface area (Å²) in [5, 5.41) is 10.5. The van der Waals surface area contributed by atoms with Gasteiger partial charge in [0.1, 0.15) is 24.7 Å². The molecule has 7 heteroatoms. The van der Waals surface area contributed by atoms with Gasteiger partial charge in [0.25, 0.3) is 5.82 Å².